The first-order valence-corrected chi connectivity index (χ1v) is 7.23. The maximum absolute atomic E-state index is 12.5. The third kappa shape index (κ3) is 2.32. The Balaban J connectivity index is 2.49. The lowest BCUT2D eigenvalue weighted by molar-refractivity contribution is -0.121. The Hall–Kier alpha value is -1.91. The fourth-order valence-corrected chi connectivity index (χ4v) is 4.03. The van der Waals surface area contributed by atoms with Crippen LogP contribution >= 0.6 is 0 Å². The summed E-state index contributed by atoms with van der Waals surface area (Å²) in [5, 5.41) is 8.98. The number of hydrogen-bond donors (Lipinski definition) is 1. The molecular weight excluding hydrogens is 266 g/mol. The second kappa shape index (κ2) is 4.99. The van der Waals surface area contributed by atoms with Crippen molar-refractivity contribution >= 4 is 15.9 Å². The molecule has 0 saturated carbocycles. The van der Waals surface area contributed by atoms with Gasteiger partial charge in [-0.1, -0.05) is 12.1 Å². The number of carbonyl (C=O) groups excluding carboxylic acids is 1. The average Bonchev–Trinajstić information content (AvgIpc) is 2.88. The minimum Gasteiger partial charge on any atom is -0.368 e. The molecule has 100 valence electrons. The first-order valence-electron chi connectivity index (χ1n) is 5.79. The molecule has 1 unspecified atom stereocenters. The van der Waals surface area contributed by atoms with Crippen LogP contribution in [0.3, 0.4) is 0 Å². The van der Waals surface area contributed by atoms with Crippen LogP contribution in [0, 0.1) is 11.3 Å². The van der Waals surface area contributed by atoms with Gasteiger partial charge in [0, 0.05) is 6.54 Å². The zero-order valence-corrected chi connectivity index (χ0v) is 10.9. The molecule has 0 spiro atoms. The third-order valence-corrected chi connectivity index (χ3v) is 5.09. The number of sulfonamides is 1. The fourth-order valence-electron chi connectivity index (χ4n) is 2.22. The number of carbonyl (C=O) groups is 1. The molecular formula is C12H13N3O3S. The highest BCUT2D eigenvalue weighted by Crippen LogP contribution is 2.27. The molecule has 1 fully saturated rings. The molecule has 6 nitrogen and oxygen atoms in total. The van der Waals surface area contributed by atoms with E-state index in [0.29, 0.717) is 12.8 Å². The minimum atomic E-state index is -3.87. The Labute approximate surface area is 111 Å². The van der Waals surface area contributed by atoms with Crippen LogP contribution in [0.2, 0.25) is 0 Å². The smallest absolute Gasteiger partial charge is 0.245 e. The largest absolute Gasteiger partial charge is 0.368 e. The standard InChI is InChI=1S/C12H13N3O3S/c13-8-9-4-1-2-6-11(9)19(17,18)15-7-3-5-10(15)12(14)16/h1-2,4,6,10H,3,5,7H2,(H2,14,16). The highest BCUT2D eigenvalue weighted by Gasteiger charge is 2.39. The molecule has 19 heavy (non-hydrogen) atoms. The Morgan fingerprint density at radius 2 is 2.11 bits per heavy atom. The van der Waals surface area contributed by atoms with Gasteiger partial charge in [0.25, 0.3) is 0 Å². The first-order chi connectivity index (χ1) is 8.98. The summed E-state index contributed by atoms with van der Waals surface area (Å²) in [5.74, 6) is -0.657. The van der Waals surface area contributed by atoms with Crippen molar-refractivity contribution in [3.63, 3.8) is 0 Å². The van der Waals surface area contributed by atoms with Crippen molar-refractivity contribution in [2.24, 2.45) is 5.73 Å². The number of nitriles is 1. The third-order valence-electron chi connectivity index (χ3n) is 3.13. The molecule has 0 aromatic heterocycles. The summed E-state index contributed by atoms with van der Waals surface area (Å²) in [6.45, 7) is 0.246. The summed E-state index contributed by atoms with van der Waals surface area (Å²) in [6.07, 6.45) is 1.00. The second-order valence-electron chi connectivity index (χ2n) is 4.28. The zero-order valence-electron chi connectivity index (χ0n) is 10.1. The van der Waals surface area contributed by atoms with E-state index in [0.717, 1.165) is 4.31 Å². The van der Waals surface area contributed by atoms with Crippen molar-refractivity contribution < 1.29 is 13.2 Å². The van der Waals surface area contributed by atoms with Crippen LogP contribution in [0.4, 0.5) is 0 Å². The quantitative estimate of drug-likeness (QED) is 0.853. The van der Waals surface area contributed by atoms with E-state index in [-0.39, 0.29) is 17.0 Å². The van der Waals surface area contributed by atoms with E-state index in [1.165, 1.54) is 12.1 Å². The van der Waals surface area contributed by atoms with E-state index in [1.807, 2.05) is 6.07 Å². The first kappa shape index (κ1) is 13.5. The van der Waals surface area contributed by atoms with Crippen LogP contribution in [-0.4, -0.2) is 31.2 Å². The number of nitrogens with two attached hydrogens (primary N) is 1. The molecule has 1 aromatic carbocycles. The van der Waals surface area contributed by atoms with Crippen LogP contribution in [0.15, 0.2) is 29.2 Å². The molecule has 1 saturated heterocycles. The van der Waals surface area contributed by atoms with Gasteiger partial charge in [0.1, 0.15) is 12.1 Å². The molecule has 0 aliphatic carbocycles. The van der Waals surface area contributed by atoms with Gasteiger partial charge in [0.2, 0.25) is 15.9 Å². The lowest BCUT2D eigenvalue weighted by Crippen LogP contribution is -2.43. The predicted octanol–water partition coefficient (Wildman–Crippen LogP) is 0.197. The molecule has 1 aliphatic heterocycles. The van der Waals surface area contributed by atoms with Crippen molar-refractivity contribution in [3.8, 4) is 6.07 Å². The number of nitrogens with zero attached hydrogens (tertiary/aromatic N) is 2. The lowest BCUT2D eigenvalue weighted by Gasteiger charge is -2.22. The molecule has 1 amide bonds. The number of hydrogen-bond acceptors (Lipinski definition) is 4. The Kier molecular flexibility index (Phi) is 3.55. The molecule has 2 rings (SSSR count). The molecule has 2 N–H and O–H groups in total. The summed E-state index contributed by atoms with van der Waals surface area (Å²) >= 11 is 0. The maximum Gasteiger partial charge on any atom is 0.245 e. The van der Waals surface area contributed by atoms with Crippen molar-refractivity contribution in [1.29, 1.82) is 5.26 Å². The number of benzene rings is 1. The minimum absolute atomic E-state index is 0.0672. The van der Waals surface area contributed by atoms with Gasteiger partial charge in [-0.2, -0.15) is 9.57 Å². The highest BCUT2D eigenvalue weighted by molar-refractivity contribution is 7.89. The lowest BCUT2D eigenvalue weighted by atomic mass is 10.2. The Morgan fingerprint density at radius 1 is 1.42 bits per heavy atom. The van der Waals surface area contributed by atoms with E-state index in [4.69, 9.17) is 11.0 Å². The molecule has 0 bridgehead atoms. The summed E-state index contributed by atoms with van der Waals surface area (Å²) < 4.78 is 26.1. The molecule has 1 heterocycles. The van der Waals surface area contributed by atoms with E-state index in [2.05, 4.69) is 0 Å². The topological polar surface area (TPSA) is 104 Å². The van der Waals surface area contributed by atoms with Crippen LogP contribution < -0.4 is 5.73 Å². The van der Waals surface area contributed by atoms with Crippen LogP contribution in [-0.2, 0) is 14.8 Å². The van der Waals surface area contributed by atoms with Crippen molar-refractivity contribution in [2.45, 2.75) is 23.8 Å². The predicted molar refractivity (Wildman–Crippen MR) is 67.3 cm³/mol. The molecule has 0 radical (unpaired) electrons. The van der Waals surface area contributed by atoms with Gasteiger partial charge in [0.15, 0.2) is 0 Å². The Bertz CT molecular complexity index is 648. The highest BCUT2D eigenvalue weighted by atomic mass is 32.2. The maximum atomic E-state index is 12.5. The van der Waals surface area contributed by atoms with Crippen molar-refractivity contribution in [1.82, 2.24) is 4.31 Å². The average molecular weight is 279 g/mol. The van der Waals surface area contributed by atoms with Gasteiger partial charge in [-0.3, -0.25) is 4.79 Å². The molecule has 1 aliphatic rings. The van der Waals surface area contributed by atoms with Gasteiger partial charge < -0.3 is 5.73 Å². The van der Waals surface area contributed by atoms with Gasteiger partial charge in [-0.05, 0) is 25.0 Å². The van der Waals surface area contributed by atoms with E-state index in [9.17, 15) is 13.2 Å². The monoisotopic (exact) mass is 279 g/mol. The fraction of sp³-hybridized carbons (Fsp3) is 0.333. The second-order valence-corrected chi connectivity index (χ2v) is 6.14. The van der Waals surface area contributed by atoms with Gasteiger partial charge in [-0.25, -0.2) is 8.42 Å². The van der Waals surface area contributed by atoms with E-state index in [1.54, 1.807) is 12.1 Å². The van der Waals surface area contributed by atoms with Crippen molar-refractivity contribution in [3.05, 3.63) is 29.8 Å². The van der Waals surface area contributed by atoms with Gasteiger partial charge in [-0.15, -0.1) is 0 Å². The van der Waals surface area contributed by atoms with E-state index >= 15 is 0 Å². The number of amides is 1. The SMILES string of the molecule is N#Cc1ccccc1S(=O)(=O)N1CCCC1C(N)=O. The number of primary amides is 1. The van der Waals surface area contributed by atoms with Crippen LogP contribution in [0.1, 0.15) is 18.4 Å². The van der Waals surface area contributed by atoms with Crippen LogP contribution in [0.5, 0.6) is 0 Å². The van der Waals surface area contributed by atoms with Crippen molar-refractivity contribution in [2.75, 3.05) is 6.54 Å². The van der Waals surface area contributed by atoms with Gasteiger partial charge >= 0.3 is 0 Å². The normalized spacial score (nSPS) is 20.1. The molecule has 1 aromatic rings. The van der Waals surface area contributed by atoms with Crippen LogP contribution in [0.25, 0.3) is 0 Å². The zero-order chi connectivity index (χ0) is 14.0. The molecule has 1 atom stereocenters. The van der Waals surface area contributed by atoms with Gasteiger partial charge in [0.05, 0.1) is 10.5 Å². The van der Waals surface area contributed by atoms with E-state index < -0.39 is 22.0 Å². The summed E-state index contributed by atoms with van der Waals surface area (Å²) in [6, 6.07) is 6.96. The summed E-state index contributed by atoms with van der Waals surface area (Å²) in [7, 11) is -3.87. The summed E-state index contributed by atoms with van der Waals surface area (Å²) in [4.78, 5) is 11.2. The molecule has 7 heteroatoms. The summed E-state index contributed by atoms with van der Waals surface area (Å²) in [5.41, 5.74) is 5.29. The number of rotatable bonds is 3. The Morgan fingerprint density at radius 3 is 2.74 bits per heavy atom.